The molecule has 2 unspecified atom stereocenters. The number of alkyl halides is 3. The van der Waals surface area contributed by atoms with Crippen molar-refractivity contribution in [3.63, 3.8) is 0 Å². The van der Waals surface area contributed by atoms with E-state index in [1.807, 2.05) is 24.8 Å². The summed E-state index contributed by atoms with van der Waals surface area (Å²) in [5.41, 5.74) is 1.49. The Bertz CT molecular complexity index is 1610. The zero-order valence-corrected chi connectivity index (χ0v) is 26.3. The van der Waals surface area contributed by atoms with Gasteiger partial charge < -0.3 is 19.5 Å². The molecule has 1 amide bonds. The number of rotatable bonds is 6. The minimum Gasteiger partial charge on any atom is -0.504 e. The average molecular weight is 637 g/mol. The maximum atomic E-state index is 13.9. The Morgan fingerprint density at radius 1 is 1.17 bits per heavy atom. The Labute approximate surface area is 267 Å². The van der Waals surface area contributed by atoms with E-state index in [9.17, 15) is 27.9 Å². The zero-order chi connectivity index (χ0) is 32.5. The van der Waals surface area contributed by atoms with Crippen LogP contribution < -0.4 is 4.74 Å². The molecule has 1 spiro atoms. The number of benzene rings is 2. The highest BCUT2D eigenvalue weighted by Crippen LogP contribution is 2.64. The van der Waals surface area contributed by atoms with Gasteiger partial charge in [0, 0.05) is 54.4 Å². The van der Waals surface area contributed by atoms with Gasteiger partial charge in [-0.05, 0) is 86.4 Å². The number of ether oxygens (including phenoxy) is 2. The van der Waals surface area contributed by atoms with Gasteiger partial charge in [0.05, 0.1) is 11.6 Å². The van der Waals surface area contributed by atoms with E-state index in [1.54, 1.807) is 6.07 Å². The lowest BCUT2D eigenvalue weighted by Gasteiger charge is -2.60. The second-order valence-electron chi connectivity index (χ2n) is 14.1. The van der Waals surface area contributed by atoms with Crippen LogP contribution >= 0.6 is 0 Å². The van der Waals surface area contributed by atoms with Gasteiger partial charge in [-0.15, -0.1) is 0 Å². The molecule has 7 atom stereocenters. The molecule has 46 heavy (non-hydrogen) atoms. The van der Waals surface area contributed by atoms with Crippen molar-refractivity contribution in [3.05, 3.63) is 58.7 Å². The number of hydrogen-bond acceptors (Lipinski definition) is 6. The van der Waals surface area contributed by atoms with Crippen molar-refractivity contribution in [3.8, 4) is 23.3 Å². The molecule has 244 valence electrons. The number of phenols is 1. The first-order chi connectivity index (χ1) is 21.9. The van der Waals surface area contributed by atoms with Crippen LogP contribution in [0.5, 0.6) is 11.5 Å². The van der Waals surface area contributed by atoms with Crippen LogP contribution in [0, 0.1) is 29.6 Å². The van der Waals surface area contributed by atoms with Gasteiger partial charge in [0.1, 0.15) is 12.2 Å². The Balaban J connectivity index is 1.19. The molecule has 0 aromatic heterocycles. The Hall–Kier alpha value is -3.71. The minimum atomic E-state index is -4.44. The molecule has 2 aliphatic heterocycles. The summed E-state index contributed by atoms with van der Waals surface area (Å²) in [6.07, 6.45) is -0.647. The van der Waals surface area contributed by atoms with Gasteiger partial charge in [0.25, 0.3) is 5.91 Å². The second kappa shape index (κ2) is 11.2. The van der Waals surface area contributed by atoms with E-state index in [4.69, 9.17) is 9.47 Å². The van der Waals surface area contributed by atoms with Crippen LogP contribution in [-0.4, -0.2) is 70.7 Å². The summed E-state index contributed by atoms with van der Waals surface area (Å²) in [6.45, 7) is 7.71. The standard InChI is InChI=1S/C36H39F3N2O5/c1-20(2)18-41(31(44)13-6-22-4-8-25(9-5-22)36(37,38)39)27-11-10-26-28-16-23-7-12-29(43)33-32(23)35(26,34(27)46-33)14-15-40(28)19-24-17-30(24)45-21(3)42/h4-5,7-9,12,20,24,26-28,30,34,43H,10-11,14-19H2,1-3H3/t24?,26-,27+,28+,30?,34-,35-/m0/s1. The summed E-state index contributed by atoms with van der Waals surface area (Å²) < 4.78 is 51.3. The fraction of sp³-hybridized carbons (Fsp3) is 0.556. The molecular weight excluding hydrogens is 597 g/mol. The number of piperidine rings is 1. The van der Waals surface area contributed by atoms with Gasteiger partial charge in [-0.2, -0.15) is 13.2 Å². The number of esters is 1. The van der Waals surface area contributed by atoms with Crippen LogP contribution in [0.1, 0.15) is 68.7 Å². The predicted octanol–water partition coefficient (Wildman–Crippen LogP) is 5.31. The van der Waals surface area contributed by atoms with Crippen molar-refractivity contribution < 1.29 is 37.3 Å². The fourth-order valence-corrected chi connectivity index (χ4v) is 8.92. The maximum Gasteiger partial charge on any atom is 0.416 e. The number of amides is 1. The Kier molecular flexibility index (Phi) is 7.54. The first kappa shape index (κ1) is 30.9. The number of phenolic OH excluding ortho intramolecular Hbond substituents is 1. The third kappa shape index (κ3) is 5.21. The van der Waals surface area contributed by atoms with Crippen LogP contribution in [0.4, 0.5) is 13.2 Å². The van der Waals surface area contributed by atoms with Crippen LogP contribution in [0.15, 0.2) is 36.4 Å². The highest BCUT2D eigenvalue weighted by molar-refractivity contribution is 5.94. The number of halogens is 3. The predicted molar refractivity (Wildman–Crippen MR) is 163 cm³/mol. The first-order valence-corrected chi connectivity index (χ1v) is 16.3. The van der Waals surface area contributed by atoms with Gasteiger partial charge in [-0.1, -0.05) is 25.8 Å². The Morgan fingerprint density at radius 3 is 2.63 bits per heavy atom. The van der Waals surface area contributed by atoms with E-state index >= 15 is 0 Å². The molecule has 2 aromatic carbocycles. The molecule has 7 nitrogen and oxygen atoms in total. The highest BCUT2D eigenvalue weighted by Gasteiger charge is 2.67. The van der Waals surface area contributed by atoms with Crippen LogP contribution in [0.25, 0.3) is 0 Å². The van der Waals surface area contributed by atoms with Crippen LogP contribution in [0.2, 0.25) is 0 Å². The topological polar surface area (TPSA) is 79.3 Å². The van der Waals surface area contributed by atoms with E-state index < -0.39 is 11.7 Å². The summed E-state index contributed by atoms with van der Waals surface area (Å²) in [6, 6.07) is 8.23. The summed E-state index contributed by atoms with van der Waals surface area (Å²) in [5, 5.41) is 11.0. The van der Waals surface area contributed by atoms with Crippen LogP contribution in [0.3, 0.4) is 0 Å². The van der Waals surface area contributed by atoms with E-state index in [-0.39, 0.29) is 59.2 Å². The molecule has 1 N–H and O–H groups in total. The molecule has 0 radical (unpaired) electrons. The highest BCUT2D eigenvalue weighted by atomic mass is 19.4. The van der Waals surface area contributed by atoms with Gasteiger partial charge in [0.2, 0.25) is 0 Å². The lowest BCUT2D eigenvalue weighted by Crippen LogP contribution is -2.69. The molecular formula is C36H39F3N2O5. The number of carbonyl (C=O) groups excluding carboxylic acids is 2. The summed E-state index contributed by atoms with van der Waals surface area (Å²) in [4.78, 5) is 29.7. The van der Waals surface area contributed by atoms with E-state index in [2.05, 4.69) is 16.7 Å². The largest absolute Gasteiger partial charge is 0.504 e. The zero-order valence-electron chi connectivity index (χ0n) is 26.3. The average Bonchev–Trinajstić information content (AvgIpc) is 3.62. The molecule has 3 fully saturated rings. The van der Waals surface area contributed by atoms with Gasteiger partial charge >= 0.3 is 12.1 Å². The molecule has 2 bridgehead atoms. The fourth-order valence-electron chi connectivity index (χ4n) is 8.92. The minimum absolute atomic E-state index is 0.00889. The van der Waals surface area contributed by atoms with Crippen molar-refractivity contribution in [2.45, 2.75) is 88.8 Å². The van der Waals surface area contributed by atoms with Gasteiger partial charge in [0.15, 0.2) is 11.5 Å². The normalized spacial score (nSPS) is 30.5. The molecule has 7 rings (SSSR count). The van der Waals surface area contributed by atoms with Crippen molar-refractivity contribution >= 4 is 11.9 Å². The van der Waals surface area contributed by atoms with E-state index in [1.165, 1.54) is 24.6 Å². The summed E-state index contributed by atoms with van der Waals surface area (Å²) >= 11 is 0. The lowest BCUT2D eigenvalue weighted by atomic mass is 9.51. The quantitative estimate of drug-likeness (QED) is 0.342. The molecule has 1 saturated heterocycles. The number of aromatic hydroxyl groups is 1. The van der Waals surface area contributed by atoms with Crippen molar-refractivity contribution in [1.29, 1.82) is 0 Å². The molecule has 2 heterocycles. The number of carbonyl (C=O) groups is 2. The monoisotopic (exact) mass is 636 g/mol. The SMILES string of the molecule is CC(=O)OC1CC1CN1CC[C@]23c4c5ccc(O)c4O[C@H]2[C@H](N(CC(C)C)C(=O)C#Cc2ccc(C(F)(F)F)cc2)CC[C@H]3[C@H]1C5. The molecule has 3 aliphatic carbocycles. The molecule has 2 aromatic rings. The first-order valence-electron chi connectivity index (χ1n) is 16.3. The molecule has 10 heteroatoms. The molecule has 5 aliphatic rings. The maximum absolute atomic E-state index is 13.9. The van der Waals surface area contributed by atoms with Crippen molar-refractivity contribution in [1.82, 2.24) is 9.80 Å². The second-order valence-corrected chi connectivity index (χ2v) is 14.1. The number of likely N-dealkylation sites (tertiary alicyclic amines) is 1. The number of nitrogens with zero attached hydrogens (tertiary/aromatic N) is 2. The van der Waals surface area contributed by atoms with Crippen LogP contribution in [-0.2, 0) is 32.3 Å². The molecule has 2 saturated carbocycles. The van der Waals surface area contributed by atoms with E-state index in [0.717, 1.165) is 56.5 Å². The number of hydrogen-bond donors (Lipinski definition) is 1. The summed E-state index contributed by atoms with van der Waals surface area (Å²) in [7, 11) is 0. The Morgan fingerprint density at radius 2 is 1.93 bits per heavy atom. The van der Waals surface area contributed by atoms with E-state index in [0.29, 0.717) is 30.2 Å². The van der Waals surface area contributed by atoms with Crippen molar-refractivity contribution in [2.75, 3.05) is 19.6 Å². The van der Waals surface area contributed by atoms with Crippen molar-refractivity contribution in [2.24, 2.45) is 17.8 Å². The third-order valence-corrected chi connectivity index (χ3v) is 10.8. The third-order valence-electron chi connectivity index (χ3n) is 10.8. The summed E-state index contributed by atoms with van der Waals surface area (Å²) in [5.74, 6) is 6.30. The smallest absolute Gasteiger partial charge is 0.416 e. The van der Waals surface area contributed by atoms with Gasteiger partial charge in [-0.3, -0.25) is 14.5 Å². The lowest BCUT2D eigenvalue weighted by molar-refractivity contribution is -0.143. The van der Waals surface area contributed by atoms with Gasteiger partial charge in [-0.25, -0.2) is 0 Å².